The monoisotopic (exact) mass is 218 g/mol. The summed E-state index contributed by atoms with van der Waals surface area (Å²) >= 11 is 1.92. The highest BCUT2D eigenvalue weighted by Gasteiger charge is 2.11. The largest absolute Gasteiger partial charge is 0.327 e. The lowest BCUT2D eigenvalue weighted by Crippen LogP contribution is -2.40. The number of nitrogens with two attached hydrogens (primary N) is 1. The van der Waals surface area contributed by atoms with Crippen molar-refractivity contribution in [3.8, 4) is 0 Å². The van der Waals surface area contributed by atoms with Gasteiger partial charge in [0.25, 0.3) is 0 Å². The molecule has 0 amide bonds. The van der Waals surface area contributed by atoms with Crippen LogP contribution in [-0.2, 0) is 0 Å². The Bertz CT molecular complexity index is 130. The second kappa shape index (κ2) is 8.57. The molecule has 0 radical (unpaired) electrons. The van der Waals surface area contributed by atoms with Crippen LogP contribution < -0.4 is 5.73 Å². The van der Waals surface area contributed by atoms with E-state index in [1.54, 1.807) is 0 Å². The number of hydrogen-bond donors (Lipinski definition) is 1. The molecule has 0 saturated heterocycles. The van der Waals surface area contributed by atoms with Gasteiger partial charge in [-0.05, 0) is 38.8 Å². The number of hydrogen-bond acceptors (Lipinski definition) is 3. The summed E-state index contributed by atoms with van der Waals surface area (Å²) in [5.41, 5.74) is 6.00. The fourth-order valence-electron chi connectivity index (χ4n) is 1.52. The van der Waals surface area contributed by atoms with Crippen LogP contribution in [0.4, 0.5) is 0 Å². The quantitative estimate of drug-likeness (QED) is 0.677. The summed E-state index contributed by atoms with van der Waals surface area (Å²) in [5.74, 6) is 1.24. The first kappa shape index (κ1) is 14.3. The van der Waals surface area contributed by atoms with Crippen molar-refractivity contribution >= 4 is 11.8 Å². The van der Waals surface area contributed by atoms with Crippen LogP contribution in [0.3, 0.4) is 0 Å². The van der Waals surface area contributed by atoms with Gasteiger partial charge in [-0.15, -0.1) is 0 Å². The molecule has 0 heterocycles. The summed E-state index contributed by atoms with van der Waals surface area (Å²) in [5, 5.41) is 0. The Labute approximate surface area is 93.6 Å². The Hall–Kier alpha value is 0.270. The summed E-state index contributed by atoms with van der Waals surface area (Å²) < 4.78 is 0. The van der Waals surface area contributed by atoms with Gasteiger partial charge in [0.2, 0.25) is 0 Å². The summed E-state index contributed by atoms with van der Waals surface area (Å²) in [6.45, 7) is 5.51. The van der Waals surface area contributed by atoms with Gasteiger partial charge >= 0.3 is 0 Å². The molecule has 0 aromatic carbocycles. The minimum Gasteiger partial charge on any atom is -0.327 e. The number of thioether (sulfide) groups is 1. The molecular weight excluding hydrogens is 192 g/mol. The summed E-state index contributed by atoms with van der Waals surface area (Å²) in [6, 6.07) is 1.01. The van der Waals surface area contributed by atoms with E-state index in [2.05, 4.69) is 32.1 Å². The number of likely N-dealkylation sites (N-methyl/N-ethyl adjacent to an activating group) is 1. The molecule has 0 spiro atoms. The Morgan fingerprint density at radius 2 is 2.00 bits per heavy atom. The van der Waals surface area contributed by atoms with Crippen molar-refractivity contribution < 1.29 is 0 Å². The summed E-state index contributed by atoms with van der Waals surface area (Å²) in [7, 11) is 2.18. The van der Waals surface area contributed by atoms with Gasteiger partial charge in [0.1, 0.15) is 0 Å². The van der Waals surface area contributed by atoms with E-state index in [9.17, 15) is 0 Å². The van der Waals surface area contributed by atoms with E-state index >= 15 is 0 Å². The molecular formula is C11H26N2S. The predicted molar refractivity (Wildman–Crippen MR) is 68.0 cm³/mol. The molecule has 3 heteroatoms. The van der Waals surface area contributed by atoms with Crippen LogP contribution in [0.15, 0.2) is 0 Å². The van der Waals surface area contributed by atoms with Crippen molar-refractivity contribution in [3.05, 3.63) is 0 Å². The van der Waals surface area contributed by atoms with E-state index in [4.69, 9.17) is 5.73 Å². The molecule has 2 unspecified atom stereocenters. The predicted octanol–water partition coefficient (Wildman–Crippen LogP) is 2.19. The average Bonchev–Trinajstić information content (AvgIpc) is 2.14. The van der Waals surface area contributed by atoms with Crippen molar-refractivity contribution in [1.82, 2.24) is 4.90 Å². The Morgan fingerprint density at radius 3 is 2.50 bits per heavy atom. The molecule has 0 aromatic rings. The average molecular weight is 218 g/mol. The zero-order chi connectivity index (χ0) is 11.0. The first-order chi connectivity index (χ1) is 6.61. The molecule has 86 valence electrons. The molecule has 0 aromatic heterocycles. The van der Waals surface area contributed by atoms with Crippen LogP contribution in [-0.4, -0.2) is 42.6 Å². The standard InChI is InChI=1S/C11H26N2S/c1-5-6-11(12)9-13(3)10(2)7-8-14-4/h10-11H,5-9,12H2,1-4H3. The Balaban J connectivity index is 3.64. The third kappa shape index (κ3) is 6.68. The van der Waals surface area contributed by atoms with Crippen LogP contribution in [0.2, 0.25) is 0 Å². The van der Waals surface area contributed by atoms with Crippen LogP contribution in [0.25, 0.3) is 0 Å². The van der Waals surface area contributed by atoms with E-state index in [0.717, 1.165) is 13.0 Å². The number of nitrogens with zero attached hydrogens (tertiary/aromatic N) is 1. The first-order valence-corrected chi connectivity index (χ1v) is 6.95. The third-order valence-corrected chi connectivity index (χ3v) is 3.32. The van der Waals surface area contributed by atoms with Crippen LogP contribution in [0.1, 0.15) is 33.1 Å². The minimum atomic E-state index is 0.349. The molecule has 0 bridgehead atoms. The molecule has 0 aliphatic carbocycles. The van der Waals surface area contributed by atoms with Crippen molar-refractivity contribution in [3.63, 3.8) is 0 Å². The van der Waals surface area contributed by atoms with Gasteiger partial charge in [-0.25, -0.2) is 0 Å². The topological polar surface area (TPSA) is 29.3 Å². The zero-order valence-corrected chi connectivity index (χ0v) is 10.9. The molecule has 2 N–H and O–H groups in total. The maximum absolute atomic E-state index is 6.00. The van der Waals surface area contributed by atoms with Crippen molar-refractivity contribution in [1.29, 1.82) is 0 Å². The second-order valence-electron chi connectivity index (χ2n) is 4.12. The normalized spacial score (nSPS) is 15.9. The molecule has 0 aliphatic heterocycles. The highest BCUT2D eigenvalue weighted by molar-refractivity contribution is 7.98. The van der Waals surface area contributed by atoms with Crippen molar-refractivity contribution in [2.24, 2.45) is 5.73 Å². The maximum atomic E-state index is 6.00. The van der Waals surface area contributed by atoms with Gasteiger partial charge in [0.15, 0.2) is 0 Å². The molecule has 0 fully saturated rings. The van der Waals surface area contributed by atoms with Gasteiger partial charge in [-0.1, -0.05) is 13.3 Å². The Morgan fingerprint density at radius 1 is 1.36 bits per heavy atom. The van der Waals surface area contributed by atoms with Gasteiger partial charge < -0.3 is 10.6 Å². The molecule has 0 rings (SSSR count). The van der Waals surface area contributed by atoms with E-state index in [1.807, 2.05) is 11.8 Å². The lowest BCUT2D eigenvalue weighted by atomic mass is 10.1. The fourth-order valence-corrected chi connectivity index (χ4v) is 2.10. The Kier molecular flexibility index (Phi) is 8.73. The van der Waals surface area contributed by atoms with Crippen LogP contribution >= 0.6 is 11.8 Å². The molecule has 14 heavy (non-hydrogen) atoms. The van der Waals surface area contributed by atoms with Crippen LogP contribution in [0.5, 0.6) is 0 Å². The third-order valence-electron chi connectivity index (χ3n) is 2.67. The smallest absolute Gasteiger partial charge is 0.0167 e. The maximum Gasteiger partial charge on any atom is 0.0167 e. The second-order valence-corrected chi connectivity index (χ2v) is 5.10. The number of rotatable bonds is 8. The molecule has 2 nitrogen and oxygen atoms in total. The highest BCUT2D eigenvalue weighted by atomic mass is 32.2. The van der Waals surface area contributed by atoms with Crippen LogP contribution in [0, 0.1) is 0 Å². The van der Waals surface area contributed by atoms with E-state index in [0.29, 0.717) is 12.1 Å². The van der Waals surface area contributed by atoms with Gasteiger partial charge in [-0.2, -0.15) is 11.8 Å². The lowest BCUT2D eigenvalue weighted by molar-refractivity contribution is 0.234. The van der Waals surface area contributed by atoms with E-state index in [-0.39, 0.29) is 0 Å². The van der Waals surface area contributed by atoms with E-state index in [1.165, 1.54) is 18.6 Å². The first-order valence-electron chi connectivity index (χ1n) is 5.56. The van der Waals surface area contributed by atoms with Gasteiger partial charge in [-0.3, -0.25) is 0 Å². The molecule has 0 aliphatic rings. The van der Waals surface area contributed by atoms with Crippen molar-refractivity contribution in [2.45, 2.75) is 45.2 Å². The van der Waals surface area contributed by atoms with Gasteiger partial charge in [0.05, 0.1) is 0 Å². The summed E-state index contributed by atoms with van der Waals surface area (Å²) in [6.07, 6.45) is 5.75. The lowest BCUT2D eigenvalue weighted by Gasteiger charge is -2.27. The molecule has 2 atom stereocenters. The van der Waals surface area contributed by atoms with E-state index < -0.39 is 0 Å². The van der Waals surface area contributed by atoms with Crippen molar-refractivity contribution in [2.75, 3.05) is 25.6 Å². The molecule has 0 saturated carbocycles. The van der Waals surface area contributed by atoms with Gasteiger partial charge in [0, 0.05) is 18.6 Å². The SMILES string of the molecule is CCCC(N)CN(C)C(C)CCSC. The highest BCUT2D eigenvalue weighted by Crippen LogP contribution is 2.07. The minimum absolute atomic E-state index is 0.349. The summed E-state index contributed by atoms with van der Waals surface area (Å²) in [4.78, 5) is 2.39. The fraction of sp³-hybridized carbons (Fsp3) is 1.00. The zero-order valence-electron chi connectivity index (χ0n) is 10.1.